The summed E-state index contributed by atoms with van der Waals surface area (Å²) in [6.45, 7) is 12.3. The monoisotopic (exact) mass is 360 g/mol. The summed E-state index contributed by atoms with van der Waals surface area (Å²) in [4.78, 5) is 2.48. The van der Waals surface area contributed by atoms with Gasteiger partial charge in [0.15, 0.2) is 0 Å². The molecule has 0 bridgehead atoms. The highest BCUT2D eigenvalue weighted by Crippen LogP contribution is 2.25. The molecule has 0 amide bonds. The Morgan fingerprint density at radius 2 is 1.40 bits per heavy atom. The van der Waals surface area contributed by atoms with Crippen LogP contribution >= 0.6 is 0 Å². The summed E-state index contributed by atoms with van der Waals surface area (Å²) in [7, 11) is -3.58. The third-order valence-corrected chi connectivity index (χ3v) is 5.68. The lowest BCUT2D eigenvalue weighted by molar-refractivity contribution is 0.587. The number of sulfonamides is 1. The molecule has 5 heteroatoms. The Bertz CT molecular complexity index is 785. The number of nitrogens with one attached hydrogen (secondary N) is 1. The molecule has 0 heterocycles. The van der Waals surface area contributed by atoms with Crippen LogP contribution in [0.5, 0.6) is 0 Å². The van der Waals surface area contributed by atoms with Crippen LogP contribution in [0.3, 0.4) is 0 Å². The lowest BCUT2D eigenvalue weighted by atomic mass is 9.87. The lowest BCUT2D eigenvalue weighted by Crippen LogP contribution is -2.21. The van der Waals surface area contributed by atoms with Crippen molar-refractivity contribution >= 4 is 21.4 Å². The molecule has 0 spiro atoms. The van der Waals surface area contributed by atoms with Crippen molar-refractivity contribution in [2.45, 2.75) is 44.9 Å². The van der Waals surface area contributed by atoms with Gasteiger partial charge in [0, 0.05) is 24.5 Å². The van der Waals surface area contributed by atoms with E-state index in [9.17, 15) is 8.42 Å². The van der Waals surface area contributed by atoms with Crippen LogP contribution in [-0.2, 0) is 15.4 Å². The first-order chi connectivity index (χ1) is 11.7. The van der Waals surface area contributed by atoms with Crippen LogP contribution in [0.15, 0.2) is 53.4 Å². The zero-order valence-corrected chi connectivity index (χ0v) is 16.5. The van der Waals surface area contributed by atoms with Crippen molar-refractivity contribution in [3.63, 3.8) is 0 Å². The molecule has 4 nitrogen and oxygen atoms in total. The SMILES string of the molecule is CCN(CC)c1ccc(NS(=O)(=O)c2ccc(C(C)(C)C)cc2)cc1. The number of hydrogen-bond donors (Lipinski definition) is 1. The quantitative estimate of drug-likeness (QED) is 0.817. The summed E-state index contributed by atoms with van der Waals surface area (Å²) in [6, 6.07) is 14.5. The van der Waals surface area contributed by atoms with E-state index in [-0.39, 0.29) is 10.3 Å². The van der Waals surface area contributed by atoms with Crippen LogP contribution in [-0.4, -0.2) is 21.5 Å². The Morgan fingerprint density at radius 3 is 1.84 bits per heavy atom. The van der Waals surface area contributed by atoms with Gasteiger partial charge in [-0.05, 0) is 61.2 Å². The fourth-order valence-corrected chi connectivity index (χ4v) is 3.74. The fourth-order valence-electron chi connectivity index (χ4n) is 2.68. The molecule has 0 aromatic heterocycles. The van der Waals surface area contributed by atoms with Gasteiger partial charge in [-0.2, -0.15) is 0 Å². The van der Waals surface area contributed by atoms with Crippen molar-refractivity contribution in [3.8, 4) is 0 Å². The van der Waals surface area contributed by atoms with Crippen molar-refractivity contribution < 1.29 is 8.42 Å². The second-order valence-corrected chi connectivity index (χ2v) is 8.78. The standard InChI is InChI=1S/C20H28N2O2S/c1-6-22(7-2)18-12-10-17(11-13-18)21-25(23,24)19-14-8-16(9-15-19)20(3,4)5/h8-15,21H,6-7H2,1-5H3. The topological polar surface area (TPSA) is 49.4 Å². The molecule has 0 aliphatic rings. The lowest BCUT2D eigenvalue weighted by Gasteiger charge is -2.21. The summed E-state index contributed by atoms with van der Waals surface area (Å²) in [5.74, 6) is 0. The van der Waals surface area contributed by atoms with E-state index in [1.807, 2.05) is 24.3 Å². The molecule has 0 saturated heterocycles. The van der Waals surface area contributed by atoms with Gasteiger partial charge in [-0.25, -0.2) is 8.42 Å². The zero-order valence-electron chi connectivity index (χ0n) is 15.7. The number of anilines is 2. The van der Waals surface area contributed by atoms with Crippen LogP contribution in [0, 0.1) is 0 Å². The summed E-state index contributed by atoms with van der Waals surface area (Å²) in [6.07, 6.45) is 0. The number of nitrogens with zero attached hydrogens (tertiary/aromatic N) is 1. The van der Waals surface area contributed by atoms with Crippen molar-refractivity contribution in [2.24, 2.45) is 0 Å². The minimum atomic E-state index is -3.58. The van der Waals surface area contributed by atoms with Gasteiger partial charge in [-0.3, -0.25) is 4.72 Å². The summed E-state index contributed by atoms with van der Waals surface area (Å²) < 4.78 is 27.8. The average Bonchev–Trinajstić information content (AvgIpc) is 2.56. The second-order valence-electron chi connectivity index (χ2n) is 7.10. The average molecular weight is 361 g/mol. The molecule has 2 aromatic carbocycles. The van der Waals surface area contributed by atoms with E-state index in [2.05, 4.69) is 44.2 Å². The van der Waals surface area contributed by atoms with Crippen molar-refractivity contribution in [2.75, 3.05) is 22.7 Å². The van der Waals surface area contributed by atoms with Crippen molar-refractivity contribution in [3.05, 3.63) is 54.1 Å². The number of hydrogen-bond acceptors (Lipinski definition) is 3. The first-order valence-corrected chi connectivity index (χ1v) is 10.1. The first-order valence-electron chi connectivity index (χ1n) is 8.65. The molecule has 0 aliphatic carbocycles. The predicted molar refractivity (Wildman–Crippen MR) is 106 cm³/mol. The van der Waals surface area contributed by atoms with Gasteiger partial charge < -0.3 is 4.90 Å². The first kappa shape index (κ1) is 19.3. The molecule has 2 rings (SSSR count). The van der Waals surface area contributed by atoms with Crippen molar-refractivity contribution in [1.29, 1.82) is 0 Å². The third-order valence-electron chi connectivity index (χ3n) is 4.28. The van der Waals surface area contributed by atoms with Gasteiger partial charge in [0.2, 0.25) is 0 Å². The molecule has 25 heavy (non-hydrogen) atoms. The smallest absolute Gasteiger partial charge is 0.261 e. The van der Waals surface area contributed by atoms with Gasteiger partial charge in [0.05, 0.1) is 4.90 Å². The minimum absolute atomic E-state index is 0.00399. The van der Waals surface area contributed by atoms with Crippen LogP contribution < -0.4 is 9.62 Å². The molecule has 0 atom stereocenters. The van der Waals surface area contributed by atoms with E-state index in [4.69, 9.17) is 0 Å². The van der Waals surface area contributed by atoms with E-state index in [0.717, 1.165) is 24.3 Å². The van der Waals surface area contributed by atoms with Crippen LogP contribution in [0.25, 0.3) is 0 Å². The van der Waals surface area contributed by atoms with Crippen LogP contribution in [0.2, 0.25) is 0 Å². The molecular weight excluding hydrogens is 332 g/mol. The van der Waals surface area contributed by atoms with Gasteiger partial charge in [0.1, 0.15) is 0 Å². The Balaban J connectivity index is 2.18. The molecular formula is C20H28N2O2S. The van der Waals surface area contributed by atoms with E-state index < -0.39 is 10.0 Å². The molecule has 136 valence electrons. The van der Waals surface area contributed by atoms with Crippen molar-refractivity contribution in [1.82, 2.24) is 0 Å². The Hall–Kier alpha value is -2.01. The predicted octanol–water partition coefficient (Wildman–Crippen LogP) is 4.63. The van der Waals surface area contributed by atoms with E-state index >= 15 is 0 Å². The maximum absolute atomic E-state index is 12.6. The molecule has 0 radical (unpaired) electrons. The summed E-state index contributed by atoms with van der Waals surface area (Å²) >= 11 is 0. The van der Waals surface area contributed by atoms with E-state index in [0.29, 0.717) is 5.69 Å². The molecule has 0 aliphatic heterocycles. The zero-order chi connectivity index (χ0) is 18.7. The maximum Gasteiger partial charge on any atom is 0.261 e. The third kappa shape index (κ3) is 4.75. The van der Waals surface area contributed by atoms with Gasteiger partial charge in [-0.1, -0.05) is 32.9 Å². The molecule has 2 aromatic rings. The van der Waals surface area contributed by atoms with Gasteiger partial charge in [-0.15, -0.1) is 0 Å². The highest BCUT2D eigenvalue weighted by molar-refractivity contribution is 7.92. The largest absolute Gasteiger partial charge is 0.372 e. The minimum Gasteiger partial charge on any atom is -0.372 e. The normalized spacial score (nSPS) is 12.0. The fraction of sp³-hybridized carbons (Fsp3) is 0.400. The molecule has 0 unspecified atom stereocenters. The summed E-state index contributed by atoms with van der Waals surface area (Å²) in [5, 5.41) is 0. The number of rotatable bonds is 6. The Kier molecular flexibility index (Phi) is 5.78. The molecule has 0 saturated carbocycles. The summed E-state index contributed by atoms with van der Waals surface area (Å²) in [5.41, 5.74) is 2.75. The molecule has 0 fully saturated rings. The van der Waals surface area contributed by atoms with Crippen LogP contribution in [0.4, 0.5) is 11.4 Å². The number of benzene rings is 2. The van der Waals surface area contributed by atoms with E-state index in [1.54, 1.807) is 24.3 Å². The highest BCUT2D eigenvalue weighted by Gasteiger charge is 2.17. The Labute approximate surface area is 151 Å². The Morgan fingerprint density at radius 1 is 0.880 bits per heavy atom. The maximum atomic E-state index is 12.6. The van der Waals surface area contributed by atoms with Gasteiger partial charge in [0.25, 0.3) is 10.0 Å². The van der Waals surface area contributed by atoms with E-state index in [1.165, 1.54) is 0 Å². The second kappa shape index (κ2) is 7.48. The highest BCUT2D eigenvalue weighted by atomic mass is 32.2. The molecule has 1 N–H and O–H groups in total. The van der Waals surface area contributed by atoms with Gasteiger partial charge >= 0.3 is 0 Å². The van der Waals surface area contributed by atoms with Crippen LogP contribution in [0.1, 0.15) is 40.2 Å².